The van der Waals surface area contributed by atoms with Crippen LogP contribution < -0.4 is 26.6 Å². The highest BCUT2D eigenvalue weighted by Gasteiger charge is 2.70. The van der Waals surface area contributed by atoms with Crippen LogP contribution in [0.1, 0.15) is 121 Å². The third-order valence-electron chi connectivity index (χ3n) is 11.4. The third-order valence-corrected chi connectivity index (χ3v) is 11.4. The number of fused-ring (bicyclic) bond motifs is 1. The summed E-state index contributed by atoms with van der Waals surface area (Å²) >= 11 is 0. The zero-order valence-electron chi connectivity index (χ0n) is 32.9. The number of alkyl carbamates (subject to hydrolysis) is 1. The number of hydrogen-bond donors (Lipinski definition) is 6. The molecule has 51 heavy (non-hydrogen) atoms. The molecule has 13 nitrogen and oxygen atoms in total. The summed E-state index contributed by atoms with van der Waals surface area (Å²) in [4.78, 5) is 68.7. The number of Topliss-reactive ketones (excluding diaryl/α,β-unsaturated/α-hetero) is 1. The molecule has 3 aliphatic rings. The van der Waals surface area contributed by atoms with Crippen LogP contribution >= 0.6 is 0 Å². The van der Waals surface area contributed by atoms with Crippen LogP contribution in [0.2, 0.25) is 0 Å². The predicted molar refractivity (Wildman–Crippen MR) is 196 cm³/mol. The van der Waals surface area contributed by atoms with Gasteiger partial charge in [-0.05, 0) is 59.7 Å². The fourth-order valence-corrected chi connectivity index (χ4v) is 7.94. The molecule has 0 radical (unpaired) electrons. The van der Waals surface area contributed by atoms with Crippen LogP contribution in [0.5, 0.6) is 0 Å². The summed E-state index contributed by atoms with van der Waals surface area (Å²) in [6, 6.07) is -3.08. The molecule has 2 saturated carbocycles. The summed E-state index contributed by atoms with van der Waals surface area (Å²) in [5.41, 5.74) is -1.08. The van der Waals surface area contributed by atoms with Crippen LogP contribution in [0, 0.1) is 34.0 Å². The van der Waals surface area contributed by atoms with E-state index in [1.807, 2.05) is 48.5 Å². The molecule has 1 aliphatic heterocycles. The van der Waals surface area contributed by atoms with E-state index in [9.17, 15) is 29.1 Å². The summed E-state index contributed by atoms with van der Waals surface area (Å²) in [5.74, 6) is -1.81. The minimum Gasteiger partial charge on any atom is -0.448 e. The molecule has 0 bridgehead atoms. The Bertz CT molecular complexity index is 1230. The molecule has 1 heterocycles. The molecule has 7 atom stereocenters. The standard InChI is InChI=1S/C38H68N6O7/c1-11-16-25(29(45)32(47)39-19-12-2)41-31(46)28-27-24(37(27,8)9)21-44(28)33(48)30(38(10)17-14-13-15-18-38)43-34(49)42-26(36(5,6)7)22-51-35(50)40-20-23(3)4/h23-28,30,34,42-43,49H,11-22H2,1-10H3,(H,39,47)(H,40,50)(H,41,46)/t24?,25?,26-,27+,28?,30?,34?/m1/s1. The van der Waals surface area contributed by atoms with Crippen LogP contribution in [-0.4, -0.2) is 96.4 Å². The second-order valence-corrected chi connectivity index (χ2v) is 17.5. The highest BCUT2D eigenvalue weighted by Crippen LogP contribution is 2.65. The molecule has 0 aromatic rings. The summed E-state index contributed by atoms with van der Waals surface area (Å²) in [7, 11) is 0. The van der Waals surface area contributed by atoms with Gasteiger partial charge < -0.3 is 30.7 Å². The summed E-state index contributed by atoms with van der Waals surface area (Å²) < 4.78 is 5.51. The van der Waals surface area contributed by atoms with E-state index in [0.29, 0.717) is 38.9 Å². The van der Waals surface area contributed by atoms with Crippen LogP contribution in [-0.2, 0) is 23.9 Å². The Labute approximate surface area is 305 Å². The molecule has 5 unspecified atom stereocenters. The Morgan fingerprint density at radius 3 is 2.16 bits per heavy atom. The lowest BCUT2D eigenvalue weighted by molar-refractivity contribution is -0.147. The Morgan fingerprint density at radius 1 is 0.941 bits per heavy atom. The number of amides is 4. The fraction of sp³-hybridized carbons (Fsp3) is 0.868. The zero-order valence-corrected chi connectivity index (χ0v) is 32.9. The summed E-state index contributed by atoms with van der Waals surface area (Å²) in [5, 5.41) is 26.1. The first-order chi connectivity index (χ1) is 23.8. The molecule has 6 N–H and O–H groups in total. The number of nitrogens with one attached hydrogen (secondary N) is 5. The lowest BCUT2D eigenvalue weighted by atomic mass is 9.70. The number of nitrogens with zero attached hydrogens (tertiary/aromatic N) is 1. The average molecular weight is 721 g/mol. The Morgan fingerprint density at radius 2 is 1.59 bits per heavy atom. The minimum absolute atomic E-state index is 0.00295. The fourth-order valence-electron chi connectivity index (χ4n) is 7.94. The molecule has 3 fully saturated rings. The van der Waals surface area contributed by atoms with Gasteiger partial charge in [0.25, 0.3) is 5.91 Å². The normalized spacial score (nSPS) is 24.5. The van der Waals surface area contributed by atoms with Crippen molar-refractivity contribution < 1.29 is 33.8 Å². The van der Waals surface area contributed by atoms with Gasteiger partial charge in [0.05, 0.1) is 12.1 Å². The maximum atomic E-state index is 14.8. The number of ether oxygens (including phenoxy) is 1. The number of rotatable bonds is 18. The van der Waals surface area contributed by atoms with E-state index < -0.39 is 65.0 Å². The smallest absolute Gasteiger partial charge is 0.407 e. The topological polar surface area (TPSA) is 178 Å². The Kier molecular flexibility index (Phi) is 14.9. The molecule has 1 saturated heterocycles. The number of hydrogen-bond acceptors (Lipinski definition) is 9. The molecule has 2 aliphatic carbocycles. The van der Waals surface area contributed by atoms with Crippen molar-refractivity contribution in [3.05, 3.63) is 0 Å². The number of aliphatic hydroxyl groups is 1. The van der Waals surface area contributed by atoms with Crippen LogP contribution in [0.4, 0.5) is 4.79 Å². The van der Waals surface area contributed by atoms with E-state index in [4.69, 9.17) is 4.74 Å². The van der Waals surface area contributed by atoms with Gasteiger partial charge in [-0.3, -0.25) is 29.8 Å². The van der Waals surface area contributed by atoms with E-state index >= 15 is 0 Å². The molecule has 4 amide bonds. The maximum Gasteiger partial charge on any atom is 0.407 e. The zero-order chi connectivity index (χ0) is 38.3. The van der Waals surface area contributed by atoms with Gasteiger partial charge >= 0.3 is 6.09 Å². The number of likely N-dealkylation sites (tertiary alicyclic amines) is 1. The first-order valence-electron chi connectivity index (χ1n) is 19.3. The van der Waals surface area contributed by atoms with Crippen molar-refractivity contribution in [3.63, 3.8) is 0 Å². The van der Waals surface area contributed by atoms with Crippen LogP contribution in [0.15, 0.2) is 0 Å². The van der Waals surface area contributed by atoms with Crippen LogP contribution in [0.3, 0.4) is 0 Å². The first kappa shape index (κ1) is 42.6. The first-order valence-corrected chi connectivity index (χ1v) is 19.3. The number of piperidine rings is 1. The van der Waals surface area contributed by atoms with Crippen molar-refractivity contribution in [2.24, 2.45) is 34.0 Å². The lowest BCUT2D eigenvalue weighted by Gasteiger charge is -2.44. The number of aliphatic hydroxyl groups excluding tert-OH is 1. The lowest BCUT2D eigenvalue weighted by Crippen LogP contribution is -2.65. The quantitative estimate of drug-likeness (QED) is 0.0915. The van der Waals surface area contributed by atoms with Crippen molar-refractivity contribution in [3.8, 4) is 0 Å². The third kappa shape index (κ3) is 10.9. The molecule has 0 spiro atoms. The van der Waals surface area contributed by atoms with E-state index in [0.717, 1.165) is 32.1 Å². The van der Waals surface area contributed by atoms with Gasteiger partial charge in [0.15, 0.2) is 6.35 Å². The summed E-state index contributed by atoms with van der Waals surface area (Å²) in [6.45, 7) is 21.2. The SMILES string of the molecule is CCCNC(=O)C(=O)C(CCC)NC(=O)C1[C@@H]2C(CN1C(=O)C(NC(O)N[C@H](COC(=O)NCC(C)C)C(C)(C)C)C1(C)CCCCC1)C2(C)C. The monoisotopic (exact) mass is 721 g/mol. The number of carbonyl (C=O) groups is 5. The largest absolute Gasteiger partial charge is 0.448 e. The highest BCUT2D eigenvalue weighted by atomic mass is 16.5. The molecule has 0 aromatic heterocycles. The number of carbonyl (C=O) groups excluding carboxylic acids is 5. The van der Waals surface area contributed by atoms with Gasteiger partial charge in [0, 0.05) is 25.7 Å². The molecular formula is C38H68N6O7. The molecule has 13 heteroatoms. The van der Waals surface area contributed by atoms with Gasteiger partial charge in [0.2, 0.25) is 17.6 Å². The van der Waals surface area contributed by atoms with E-state index in [1.54, 1.807) is 4.90 Å². The molecule has 3 rings (SSSR count). The van der Waals surface area contributed by atoms with Crippen LogP contribution in [0.25, 0.3) is 0 Å². The van der Waals surface area contributed by atoms with Gasteiger partial charge in [-0.15, -0.1) is 0 Å². The van der Waals surface area contributed by atoms with E-state index in [2.05, 4.69) is 47.4 Å². The van der Waals surface area contributed by atoms with Crippen molar-refractivity contribution in [2.45, 2.75) is 151 Å². The van der Waals surface area contributed by atoms with Gasteiger partial charge in [-0.2, -0.15) is 0 Å². The van der Waals surface area contributed by atoms with Gasteiger partial charge in [0.1, 0.15) is 12.6 Å². The van der Waals surface area contributed by atoms with Crippen molar-refractivity contribution in [1.29, 1.82) is 0 Å². The molecular weight excluding hydrogens is 652 g/mol. The average Bonchev–Trinajstić information content (AvgIpc) is 3.36. The number of ketones is 1. The van der Waals surface area contributed by atoms with Gasteiger partial charge in [-0.1, -0.05) is 94.9 Å². The highest BCUT2D eigenvalue weighted by molar-refractivity contribution is 6.38. The predicted octanol–water partition coefficient (Wildman–Crippen LogP) is 3.44. The maximum absolute atomic E-state index is 14.8. The van der Waals surface area contributed by atoms with Crippen molar-refractivity contribution in [1.82, 2.24) is 31.5 Å². The second kappa shape index (κ2) is 17.8. The van der Waals surface area contributed by atoms with Crippen molar-refractivity contribution in [2.75, 3.05) is 26.2 Å². The summed E-state index contributed by atoms with van der Waals surface area (Å²) in [6.07, 6.45) is 4.21. The minimum atomic E-state index is -1.32. The molecule has 0 aromatic carbocycles. The van der Waals surface area contributed by atoms with Crippen molar-refractivity contribution >= 4 is 29.6 Å². The second-order valence-electron chi connectivity index (χ2n) is 17.5. The Hall–Kier alpha value is -2.77. The molecule has 292 valence electrons. The van der Waals surface area contributed by atoms with Gasteiger partial charge in [-0.25, -0.2) is 4.79 Å². The Balaban J connectivity index is 1.85. The van der Waals surface area contributed by atoms with E-state index in [-0.39, 0.29) is 35.7 Å². The van der Waals surface area contributed by atoms with E-state index in [1.165, 1.54) is 0 Å².